The zero-order valence-electron chi connectivity index (χ0n) is 55.1. The van der Waals surface area contributed by atoms with E-state index in [2.05, 4.69) is 10.6 Å². The molecule has 22 nitrogen and oxygen atoms in total. The topological polar surface area (TPSA) is 239 Å². The molecule has 1 fully saturated rings. The summed E-state index contributed by atoms with van der Waals surface area (Å²) >= 11 is 0. The van der Waals surface area contributed by atoms with Gasteiger partial charge < -0.3 is 54.4 Å². The number of nitrogens with zero attached hydrogens (tertiary/aromatic N) is 8. The van der Waals surface area contributed by atoms with E-state index in [1.807, 2.05) is 48.5 Å². The van der Waals surface area contributed by atoms with Crippen molar-refractivity contribution in [3.63, 3.8) is 0 Å². The van der Waals surface area contributed by atoms with Crippen LogP contribution in [0.5, 0.6) is 5.75 Å². The van der Waals surface area contributed by atoms with Crippen LogP contribution >= 0.6 is 0 Å². The van der Waals surface area contributed by atoms with E-state index < -0.39 is 131 Å². The monoisotopic (exact) mass is 1180 g/mol. The summed E-state index contributed by atoms with van der Waals surface area (Å²) in [6, 6.07) is -2.54. The standard InChI is InChI=1S/C62H106N10O12/c1-24-40(10)51-54(74)63-41(11)55(75)70(20)48(33-36(2)3)53(73)64-46(35-44-28-30-45(83-23)31-29-44)58(78)66(16)32-26-25-27-47(59(79)67(17)43(13)57(77)72(51)22)69(19)60(80)49(34-37(4)5)71(21)56(76)42(12)68(18)61(81)52(39(8)9)84-62(82)50(38(6)7)65(14)15/h28-31,36-43,46-52H,24-27,32-35H2,1-23H3,(H,63,74)(H,64,73)/t40-,41-,42-,43-,46-,47-,48+,49-,50-,51-,52+/m0/s1. The van der Waals surface area contributed by atoms with Gasteiger partial charge in [-0.25, -0.2) is 0 Å². The summed E-state index contributed by atoms with van der Waals surface area (Å²) in [6.45, 7) is 23.3. The molecule has 0 radical (unpaired) electrons. The second-order valence-corrected chi connectivity index (χ2v) is 25.0. The summed E-state index contributed by atoms with van der Waals surface area (Å²) < 4.78 is 11.2. The van der Waals surface area contributed by atoms with E-state index in [9.17, 15) is 38.4 Å². The highest BCUT2D eigenvalue weighted by molar-refractivity contribution is 5.98. The van der Waals surface area contributed by atoms with E-state index in [0.29, 0.717) is 18.6 Å². The first-order chi connectivity index (χ1) is 39.0. The van der Waals surface area contributed by atoms with Crippen molar-refractivity contribution in [2.75, 3.05) is 77.1 Å². The maximum atomic E-state index is 15.2. The number of rotatable bonds is 20. The number of amides is 9. The van der Waals surface area contributed by atoms with Crippen molar-refractivity contribution in [1.82, 2.24) is 49.8 Å². The van der Waals surface area contributed by atoms with Crippen LogP contribution in [-0.2, 0) is 59.1 Å². The minimum atomic E-state index is -1.21. The molecular weight excluding hydrogens is 1080 g/mol. The number of hydrogen-bond acceptors (Lipinski definition) is 13. The van der Waals surface area contributed by atoms with Crippen molar-refractivity contribution in [3.8, 4) is 5.75 Å². The molecule has 0 bridgehead atoms. The van der Waals surface area contributed by atoms with Crippen molar-refractivity contribution in [1.29, 1.82) is 0 Å². The Kier molecular flexibility index (Phi) is 29.3. The Morgan fingerprint density at radius 2 is 1.25 bits per heavy atom. The van der Waals surface area contributed by atoms with Gasteiger partial charge in [0.25, 0.3) is 5.91 Å². The minimum absolute atomic E-state index is 0.0593. The maximum Gasteiger partial charge on any atom is 0.324 e. The Labute approximate surface area is 502 Å². The fourth-order valence-corrected chi connectivity index (χ4v) is 10.8. The number of carbonyl (C=O) groups is 10. The number of ether oxygens (including phenoxy) is 2. The van der Waals surface area contributed by atoms with Gasteiger partial charge in [-0.3, -0.25) is 52.8 Å². The van der Waals surface area contributed by atoms with Gasteiger partial charge in [0.2, 0.25) is 47.3 Å². The number of carbonyl (C=O) groups excluding carboxylic acids is 10. The highest BCUT2D eigenvalue weighted by Gasteiger charge is 2.43. The Balaban J connectivity index is 2.77. The molecular formula is C62H106N10O12. The zero-order valence-corrected chi connectivity index (χ0v) is 55.1. The first-order valence-corrected chi connectivity index (χ1v) is 29.9. The van der Waals surface area contributed by atoms with Gasteiger partial charge in [0.05, 0.1) is 7.11 Å². The average molecular weight is 1180 g/mol. The molecule has 1 aromatic carbocycles. The smallest absolute Gasteiger partial charge is 0.324 e. The highest BCUT2D eigenvalue weighted by Crippen LogP contribution is 2.25. The lowest BCUT2D eigenvalue weighted by molar-refractivity contribution is -0.169. The minimum Gasteiger partial charge on any atom is -0.497 e. The summed E-state index contributed by atoms with van der Waals surface area (Å²) in [5, 5.41) is 5.77. The molecule has 476 valence electrons. The SMILES string of the molecule is CC[C@H](C)[C@H]1C(=O)N[C@@H](C)C(=O)N(C)[C@H](CC(C)C)C(=O)N[C@@H](Cc2ccc(OC)cc2)C(=O)N(C)CCCC[C@H](N(C)C(=O)[C@H](CC(C)C)N(C)C(=O)[C@H](C)N(C)C(=O)[C@H](OC(=O)[C@H](C(C)C)N(C)C)C(C)C)C(=O)N(C)[C@@H](C)C(=O)N1C. The Morgan fingerprint density at radius 1 is 0.667 bits per heavy atom. The zero-order chi connectivity index (χ0) is 64.5. The van der Waals surface area contributed by atoms with E-state index in [-0.39, 0.29) is 56.4 Å². The number of esters is 1. The van der Waals surface area contributed by atoms with Crippen molar-refractivity contribution < 1.29 is 57.4 Å². The molecule has 11 atom stereocenters. The van der Waals surface area contributed by atoms with Crippen molar-refractivity contribution in [2.24, 2.45) is 29.6 Å². The van der Waals surface area contributed by atoms with Crippen LogP contribution in [0.1, 0.15) is 134 Å². The molecule has 9 amide bonds. The Hall–Kier alpha value is -6.32. The van der Waals surface area contributed by atoms with Gasteiger partial charge in [-0.1, -0.05) is 87.8 Å². The normalized spacial score (nSPS) is 22.5. The summed E-state index contributed by atoms with van der Waals surface area (Å²) in [4.78, 5) is 156. The van der Waals surface area contributed by atoms with E-state index in [0.717, 1.165) is 5.56 Å². The van der Waals surface area contributed by atoms with E-state index in [4.69, 9.17) is 9.47 Å². The number of nitrogens with one attached hydrogen (secondary N) is 2. The third-order valence-corrected chi connectivity index (χ3v) is 16.6. The Morgan fingerprint density at radius 3 is 1.75 bits per heavy atom. The number of likely N-dealkylation sites (N-methyl/N-ethyl adjacent to an activating group) is 8. The number of methoxy groups -OCH3 is 1. The predicted octanol–water partition coefficient (Wildman–Crippen LogP) is 4.16. The third-order valence-electron chi connectivity index (χ3n) is 16.6. The second kappa shape index (κ2) is 33.4. The summed E-state index contributed by atoms with van der Waals surface area (Å²) in [6.07, 6.45) is 0.429. The molecule has 84 heavy (non-hydrogen) atoms. The lowest BCUT2D eigenvalue weighted by Gasteiger charge is -2.40. The lowest BCUT2D eigenvalue weighted by Crippen LogP contribution is -2.61. The highest BCUT2D eigenvalue weighted by atomic mass is 16.6. The molecule has 22 heteroatoms. The summed E-state index contributed by atoms with van der Waals surface area (Å²) in [7, 11) is 15.5. The van der Waals surface area contributed by atoms with Gasteiger partial charge >= 0.3 is 5.97 Å². The number of benzene rings is 1. The maximum absolute atomic E-state index is 15.2. The first-order valence-electron chi connectivity index (χ1n) is 29.9. The van der Waals surface area contributed by atoms with Crippen LogP contribution in [0.2, 0.25) is 0 Å². The molecule has 0 spiro atoms. The summed E-state index contributed by atoms with van der Waals surface area (Å²) in [5.41, 5.74) is 0.730. The summed E-state index contributed by atoms with van der Waals surface area (Å²) in [5.74, 6) is -6.28. The van der Waals surface area contributed by atoms with Gasteiger partial charge in [0.15, 0.2) is 6.10 Å². The molecule has 2 N–H and O–H groups in total. The van der Waals surface area contributed by atoms with Gasteiger partial charge in [-0.2, -0.15) is 0 Å². The molecule has 1 saturated heterocycles. The van der Waals surface area contributed by atoms with Gasteiger partial charge in [0, 0.05) is 62.3 Å². The van der Waals surface area contributed by atoms with Crippen LogP contribution in [0.4, 0.5) is 0 Å². The van der Waals surface area contributed by atoms with Crippen molar-refractivity contribution in [3.05, 3.63) is 29.8 Å². The van der Waals surface area contributed by atoms with Crippen LogP contribution in [-0.4, -0.2) is 236 Å². The molecule has 2 rings (SSSR count). The largest absolute Gasteiger partial charge is 0.497 e. The molecule has 1 heterocycles. The van der Waals surface area contributed by atoms with Crippen molar-refractivity contribution in [2.45, 2.75) is 195 Å². The van der Waals surface area contributed by atoms with E-state index in [1.54, 1.807) is 78.2 Å². The first kappa shape index (κ1) is 73.8. The van der Waals surface area contributed by atoms with E-state index >= 15 is 9.59 Å². The average Bonchev–Trinajstić information content (AvgIpc) is 3.65. The lowest BCUT2D eigenvalue weighted by atomic mass is 9.95. The molecule has 0 aromatic heterocycles. The van der Waals surface area contributed by atoms with Crippen molar-refractivity contribution >= 4 is 59.1 Å². The molecule has 0 aliphatic carbocycles. The molecule has 0 unspecified atom stereocenters. The van der Waals surface area contributed by atoms with Crippen LogP contribution in [0.3, 0.4) is 0 Å². The van der Waals surface area contributed by atoms with E-state index in [1.165, 1.54) is 97.4 Å². The molecule has 1 aromatic rings. The van der Waals surface area contributed by atoms with Crippen LogP contribution in [0, 0.1) is 29.6 Å². The second-order valence-electron chi connectivity index (χ2n) is 25.0. The molecule has 0 saturated carbocycles. The quantitative estimate of drug-likeness (QED) is 0.175. The number of hydrogen-bond donors (Lipinski definition) is 2. The molecule has 1 aliphatic rings. The fourth-order valence-electron chi connectivity index (χ4n) is 10.8. The van der Waals surface area contributed by atoms with Crippen LogP contribution in [0.25, 0.3) is 0 Å². The predicted molar refractivity (Wildman–Crippen MR) is 324 cm³/mol. The van der Waals surface area contributed by atoms with Crippen LogP contribution < -0.4 is 15.4 Å². The fraction of sp³-hybridized carbons (Fsp3) is 0.742. The van der Waals surface area contributed by atoms with Gasteiger partial charge in [-0.05, 0) is 114 Å². The van der Waals surface area contributed by atoms with Crippen LogP contribution in [0.15, 0.2) is 24.3 Å². The van der Waals surface area contributed by atoms with Gasteiger partial charge in [0.1, 0.15) is 60.1 Å². The Bertz CT molecular complexity index is 2390. The van der Waals surface area contributed by atoms with Gasteiger partial charge in [-0.15, -0.1) is 0 Å². The third kappa shape index (κ3) is 19.6. The molecule has 1 aliphatic heterocycles.